The van der Waals surface area contributed by atoms with Crippen molar-refractivity contribution >= 4 is 26.6 Å². The molecule has 1 aromatic heterocycles. The molecule has 6 nitrogen and oxygen atoms in total. The maximum absolute atomic E-state index is 12.9. The number of nitrogens with one attached hydrogen (secondary N) is 1. The summed E-state index contributed by atoms with van der Waals surface area (Å²) in [5.41, 5.74) is 7.09. The first-order valence-corrected chi connectivity index (χ1v) is 8.40. The number of sulfonamides is 1. The Bertz CT molecular complexity index is 768. The molecule has 21 heavy (non-hydrogen) atoms. The lowest BCUT2D eigenvalue weighted by Crippen LogP contribution is -2.52. The van der Waals surface area contributed by atoms with E-state index < -0.39 is 10.0 Å². The molecule has 0 aliphatic carbocycles. The fourth-order valence-corrected chi connectivity index (χ4v) is 4.72. The smallest absolute Gasteiger partial charge is 0.245 e. The summed E-state index contributed by atoms with van der Waals surface area (Å²) in [7, 11) is -1.49. The van der Waals surface area contributed by atoms with E-state index in [0.29, 0.717) is 22.5 Å². The summed E-state index contributed by atoms with van der Waals surface area (Å²) in [5.74, 6) is 0. The maximum atomic E-state index is 12.9. The number of fused-ring (bicyclic) bond motifs is 1. The van der Waals surface area contributed by atoms with E-state index in [2.05, 4.69) is 9.88 Å². The van der Waals surface area contributed by atoms with E-state index in [4.69, 9.17) is 5.73 Å². The first kappa shape index (κ1) is 14.4. The van der Waals surface area contributed by atoms with Gasteiger partial charge < -0.3 is 15.6 Å². The fourth-order valence-electron chi connectivity index (χ4n) is 2.94. The van der Waals surface area contributed by atoms with Crippen molar-refractivity contribution in [3.8, 4) is 0 Å². The topological polar surface area (TPSA) is 82.4 Å². The molecule has 1 aliphatic heterocycles. The van der Waals surface area contributed by atoms with Crippen molar-refractivity contribution in [1.82, 2.24) is 14.2 Å². The standard InChI is InChI=1S/C14H20N4O2S/c1-10-9-17(2)5-6-18(10)21(19,20)14-8-16-13-7-11(15)3-4-12(13)14/h3-4,7-8,10,16H,5-6,9,15H2,1-2H3. The molecule has 0 amide bonds. The average molecular weight is 308 g/mol. The summed E-state index contributed by atoms with van der Waals surface area (Å²) < 4.78 is 27.4. The van der Waals surface area contributed by atoms with E-state index in [9.17, 15) is 8.42 Å². The Balaban J connectivity index is 2.04. The van der Waals surface area contributed by atoms with E-state index in [1.54, 1.807) is 28.7 Å². The minimum Gasteiger partial charge on any atom is -0.399 e. The molecule has 2 aromatic rings. The minimum absolute atomic E-state index is 0.0347. The van der Waals surface area contributed by atoms with Gasteiger partial charge in [0.2, 0.25) is 10.0 Å². The molecule has 0 bridgehead atoms. The third kappa shape index (κ3) is 2.41. The Labute approximate surface area is 124 Å². The number of piperazine rings is 1. The van der Waals surface area contributed by atoms with Crippen LogP contribution >= 0.6 is 0 Å². The highest BCUT2D eigenvalue weighted by Crippen LogP contribution is 2.28. The Morgan fingerprint density at radius 2 is 2.10 bits per heavy atom. The molecule has 1 aliphatic rings. The second kappa shape index (κ2) is 5.01. The van der Waals surface area contributed by atoms with Crippen LogP contribution in [-0.4, -0.2) is 55.3 Å². The second-order valence-electron chi connectivity index (χ2n) is 5.68. The van der Waals surface area contributed by atoms with Gasteiger partial charge in [-0.15, -0.1) is 0 Å². The van der Waals surface area contributed by atoms with Crippen LogP contribution in [0.15, 0.2) is 29.3 Å². The number of aromatic nitrogens is 1. The average Bonchev–Trinajstić information content (AvgIpc) is 2.81. The summed E-state index contributed by atoms with van der Waals surface area (Å²) in [5, 5.41) is 0.690. The zero-order chi connectivity index (χ0) is 15.2. The number of anilines is 1. The van der Waals surface area contributed by atoms with Gasteiger partial charge in [-0.1, -0.05) is 0 Å². The highest BCUT2D eigenvalue weighted by Gasteiger charge is 2.34. The van der Waals surface area contributed by atoms with Crippen LogP contribution in [0.3, 0.4) is 0 Å². The summed E-state index contributed by atoms with van der Waals surface area (Å²) in [6.07, 6.45) is 1.56. The molecule has 2 heterocycles. The molecule has 0 saturated carbocycles. The van der Waals surface area contributed by atoms with Gasteiger partial charge in [0.05, 0.1) is 0 Å². The predicted octanol–water partition coefficient (Wildman–Crippen LogP) is 1.07. The lowest BCUT2D eigenvalue weighted by atomic mass is 10.2. The largest absolute Gasteiger partial charge is 0.399 e. The van der Waals surface area contributed by atoms with E-state index >= 15 is 0 Å². The third-order valence-electron chi connectivity index (χ3n) is 4.02. The Morgan fingerprint density at radius 1 is 1.33 bits per heavy atom. The molecule has 1 unspecified atom stereocenters. The number of nitrogens with two attached hydrogens (primary N) is 1. The number of hydrogen-bond donors (Lipinski definition) is 2. The van der Waals surface area contributed by atoms with Gasteiger partial charge in [0.1, 0.15) is 4.90 Å². The van der Waals surface area contributed by atoms with Crippen molar-refractivity contribution in [3.05, 3.63) is 24.4 Å². The Kier molecular flexibility index (Phi) is 3.43. The molecular formula is C14H20N4O2S. The van der Waals surface area contributed by atoms with Gasteiger partial charge in [-0.3, -0.25) is 0 Å². The van der Waals surface area contributed by atoms with Crippen LogP contribution < -0.4 is 5.73 Å². The summed E-state index contributed by atoms with van der Waals surface area (Å²) in [6.45, 7) is 3.95. The normalized spacial score (nSPS) is 21.9. The van der Waals surface area contributed by atoms with Gasteiger partial charge in [0.15, 0.2) is 0 Å². The van der Waals surface area contributed by atoms with Crippen LogP contribution in [0.25, 0.3) is 10.9 Å². The van der Waals surface area contributed by atoms with E-state index in [1.807, 2.05) is 14.0 Å². The molecule has 1 saturated heterocycles. The molecule has 0 radical (unpaired) electrons. The first-order chi connectivity index (χ1) is 9.89. The molecule has 114 valence electrons. The fraction of sp³-hybridized carbons (Fsp3) is 0.429. The van der Waals surface area contributed by atoms with Crippen molar-refractivity contribution in [3.63, 3.8) is 0 Å². The minimum atomic E-state index is -3.50. The zero-order valence-electron chi connectivity index (χ0n) is 12.2. The maximum Gasteiger partial charge on any atom is 0.245 e. The first-order valence-electron chi connectivity index (χ1n) is 6.96. The van der Waals surface area contributed by atoms with Crippen molar-refractivity contribution in [2.24, 2.45) is 0 Å². The van der Waals surface area contributed by atoms with Crippen LogP contribution in [0.2, 0.25) is 0 Å². The zero-order valence-corrected chi connectivity index (χ0v) is 13.0. The number of rotatable bonds is 2. The lowest BCUT2D eigenvalue weighted by Gasteiger charge is -2.37. The summed E-state index contributed by atoms with van der Waals surface area (Å²) >= 11 is 0. The monoisotopic (exact) mass is 308 g/mol. The van der Waals surface area contributed by atoms with Gasteiger partial charge in [-0.2, -0.15) is 4.31 Å². The van der Waals surface area contributed by atoms with Crippen LogP contribution in [-0.2, 0) is 10.0 Å². The van der Waals surface area contributed by atoms with Crippen molar-refractivity contribution in [2.75, 3.05) is 32.4 Å². The molecule has 1 aromatic carbocycles. The lowest BCUT2D eigenvalue weighted by molar-refractivity contribution is 0.170. The number of H-pyrrole nitrogens is 1. The van der Waals surface area contributed by atoms with Gasteiger partial charge in [-0.25, -0.2) is 8.42 Å². The highest BCUT2D eigenvalue weighted by atomic mass is 32.2. The molecule has 1 fully saturated rings. The van der Waals surface area contributed by atoms with Crippen molar-refractivity contribution in [2.45, 2.75) is 17.9 Å². The quantitative estimate of drug-likeness (QED) is 0.813. The number of nitrogen functional groups attached to an aromatic ring is 1. The van der Waals surface area contributed by atoms with Gasteiger partial charge in [-0.05, 0) is 32.2 Å². The van der Waals surface area contributed by atoms with E-state index in [1.165, 1.54) is 0 Å². The van der Waals surface area contributed by atoms with Crippen LogP contribution in [0, 0.1) is 0 Å². The van der Waals surface area contributed by atoms with E-state index in [0.717, 1.165) is 18.6 Å². The summed E-state index contributed by atoms with van der Waals surface area (Å²) in [4.78, 5) is 5.47. The number of aromatic amines is 1. The van der Waals surface area contributed by atoms with E-state index in [-0.39, 0.29) is 6.04 Å². The van der Waals surface area contributed by atoms with Gasteiger partial charge in [0.25, 0.3) is 0 Å². The van der Waals surface area contributed by atoms with Crippen LogP contribution in [0.4, 0.5) is 5.69 Å². The number of hydrogen-bond acceptors (Lipinski definition) is 4. The van der Waals surface area contributed by atoms with Gasteiger partial charge in [0, 0.05) is 48.5 Å². The molecular weight excluding hydrogens is 288 g/mol. The highest BCUT2D eigenvalue weighted by molar-refractivity contribution is 7.89. The second-order valence-corrected chi connectivity index (χ2v) is 7.54. The van der Waals surface area contributed by atoms with Crippen LogP contribution in [0.1, 0.15) is 6.92 Å². The Hall–Kier alpha value is -1.57. The van der Waals surface area contributed by atoms with Crippen molar-refractivity contribution in [1.29, 1.82) is 0 Å². The van der Waals surface area contributed by atoms with Crippen LogP contribution in [0.5, 0.6) is 0 Å². The van der Waals surface area contributed by atoms with Gasteiger partial charge >= 0.3 is 0 Å². The molecule has 3 N–H and O–H groups in total. The number of benzene rings is 1. The van der Waals surface area contributed by atoms with Crippen molar-refractivity contribution < 1.29 is 8.42 Å². The SMILES string of the molecule is CC1CN(C)CCN1S(=O)(=O)c1c[nH]c2cc(N)ccc12. The molecule has 7 heteroatoms. The Morgan fingerprint density at radius 3 is 2.81 bits per heavy atom. The third-order valence-corrected chi connectivity index (χ3v) is 6.08. The summed E-state index contributed by atoms with van der Waals surface area (Å²) in [6, 6.07) is 5.20. The molecule has 1 atom stereocenters. The predicted molar refractivity (Wildman–Crippen MR) is 83.6 cm³/mol. The number of nitrogens with zero attached hydrogens (tertiary/aromatic N) is 2. The molecule has 3 rings (SSSR count). The number of likely N-dealkylation sites (N-methyl/N-ethyl adjacent to an activating group) is 1. The molecule has 0 spiro atoms.